The number of imidazole rings is 1. The Morgan fingerprint density at radius 2 is 2.00 bits per heavy atom. The average molecular weight is 375 g/mol. The van der Waals surface area contributed by atoms with Gasteiger partial charge in [0.15, 0.2) is 0 Å². The van der Waals surface area contributed by atoms with Gasteiger partial charge < -0.3 is 9.88 Å². The Balaban J connectivity index is 1.37. The number of nitrogens with zero attached hydrogens (tertiary/aromatic N) is 4. The number of piperidine rings is 1. The van der Waals surface area contributed by atoms with Crippen molar-refractivity contribution in [1.82, 2.24) is 24.8 Å². The number of aromatic nitrogens is 4. The molecule has 0 unspecified atom stereocenters. The SMILES string of the molecule is Cc1nc(C2CC2)ncc1C(=O)N1CCC[C@H](c2nc3c(C)cccc3[nH]2)C1. The molecule has 1 aliphatic heterocycles. The first-order valence-electron chi connectivity index (χ1n) is 10.2. The Labute approximate surface area is 164 Å². The first-order chi connectivity index (χ1) is 13.6. The standard InChI is InChI=1S/C22H25N5O/c1-13-5-3-7-18-19(13)26-21(25-18)16-6-4-10-27(12-16)22(28)17-11-23-20(15-8-9-15)24-14(17)2/h3,5,7,11,15-16H,4,6,8-10,12H2,1-2H3,(H,25,26)/t16-/m0/s1. The number of benzene rings is 1. The minimum absolute atomic E-state index is 0.0387. The number of hydrogen-bond donors (Lipinski definition) is 1. The van der Waals surface area contributed by atoms with E-state index in [4.69, 9.17) is 4.98 Å². The molecule has 1 saturated carbocycles. The summed E-state index contributed by atoms with van der Waals surface area (Å²) in [5.74, 6) is 2.65. The summed E-state index contributed by atoms with van der Waals surface area (Å²) in [5, 5.41) is 0. The van der Waals surface area contributed by atoms with E-state index < -0.39 is 0 Å². The highest BCUT2D eigenvalue weighted by Gasteiger charge is 2.30. The lowest BCUT2D eigenvalue weighted by atomic mass is 9.96. The van der Waals surface area contributed by atoms with Gasteiger partial charge in [-0.25, -0.2) is 15.0 Å². The molecule has 3 aromatic rings. The van der Waals surface area contributed by atoms with Crippen molar-refractivity contribution < 1.29 is 4.79 Å². The van der Waals surface area contributed by atoms with Gasteiger partial charge in [-0.1, -0.05) is 12.1 Å². The fourth-order valence-corrected chi connectivity index (χ4v) is 4.18. The average Bonchev–Trinajstić information content (AvgIpc) is 3.46. The first-order valence-corrected chi connectivity index (χ1v) is 10.2. The van der Waals surface area contributed by atoms with Crippen molar-refractivity contribution in [2.45, 2.75) is 51.4 Å². The molecular weight excluding hydrogens is 350 g/mol. The molecule has 0 radical (unpaired) electrons. The summed E-state index contributed by atoms with van der Waals surface area (Å²) in [6, 6.07) is 6.19. The number of carbonyl (C=O) groups is 1. The zero-order valence-electron chi connectivity index (χ0n) is 16.4. The lowest BCUT2D eigenvalue weighted by molar-refractivity contribution is 0.0703. The van der Waals surface area contributed by atoms with Crippen molar-refractivity contribution in [3.8, 4) is 0 Å². The van der Waals surface area contributed by atoms with Gasteiger partial charge in [0.05, 0.1) is 22.3 Å². The number of aryl methyl sites for hydroxylation is 2. The predicted molar refractivity (Wildman–Crippen MR) is 107 cm³/mol. The largest absolute Gasteiger partial charge is 0.342 e. The highest BCUT2D eigenvalue weighted by molar-refractivity contribution is 5.95. The van der Waals surface area contributed by atoms with Crippen molar-refractivity contribution >= 4 is 16.9 Å². The van der Waals surface area contributed by atoms with E-state index in [-0.39, 0.29) is 11.8 Å². The molecular formula is C22H25N5O. The number of fused-ring (bicyclic) bond motifs is 1. The molecule has 144 valence electrons. The molecule has 2 aliphatic rings. The predicted octanol–water partition coefficient (Wildman–Crippen LogP) is 3.87. The van der Waals surface area contributed by atoms with Crippen molar-refractivity contribution in [1.29, 1.82) is 0 Å². The zero-order chi connectivity index (χ0) is 19.3. The number of aromatic amines is 1. The molecule has 1 atom stereocenters. The van der Waals surface area contributed by atoms with Gasteiger partial charge in [0.25, 0.3) is 5.91 Å². The third kappa shape index (κ3) is 3.07. The van der Waals surface area contributed by atoms with E-state index in [2.05, 4.69) is 34.0 Å². The van der Waals surface area contributed by atoms with Gasteiger partial charge in [0, 0.05) is 31.1 Å². The minimum atomic E-state index is 0.0387. The van der Waals surface area contributed by atoms with E-state index in [1.807, 2.05) is 17.9 Å². The number of H-pyrrole nitrogens is 1. The summed E-state index contributed by atoms with van der Waals surface area (Å²) >= 11 is 0. The Bertz CT molecular complexity index is 1050. The molecule has 0 spiro atoms. The van der Waals surface area contributed by atoms with Gasteiger partial charge in [-0.3, -0.25) is 4.79 Å². The topological polar surface area (TPSA) is 74.8 Å². The molecule has 3 heterocycles. The fourth-order valence-electron chi connectivity index (χ4n) is 4.18. The van der Waals surface area contributed by atoms with Crippen LogP contribution in [0, 0.1) is 13.8 Å². The lowest BCUT2D eigenvalue weighted by Crippen LogP contribution is -2.39. The first kappa shape index (κ1) is 17.3. The van der Waals surface area contributed by atoms with Crippen LogP contribution in [0.5, 0.6) is 0 Å². The van der Waals surface area contributed by atoms with Crippen LogP contribution in [0.3, 0.4) is 0 Å². The smallest absolute Gasteiger partial charge is 0.257 e. The second-order valence-corrected chi connectivity index (χ2v) is 8.19. The van der Waals surface area contributed by atoms with Crippen LogP contribution in [0.25, 0.3) is 11.0 Å². The maximum absolute atomic E-state index is 13.1. The van der Waals surface area contributed by atoms with E-state index >= 15 is 0 Å². The van der Waals surface area contributed by atoms with Crippen molar-refractivity contribution in [3.05, 3.63) is 52.9 Å². The lowest BCUT2D eigenvalue weighted by Gasteiger charge is -2.32. The van der Waals surface area contributed by atoms with Gasteiger partial charge >= 0.3 is 0 Å². The summed E-state index contributed by atoms with van der Waals surface area (Å²) in [6.45, 7) is 5.46. The number of likely N-dealkylation sites (tertiary alicyclic amines) is 1. The van der Waals surface area contributed by atoms with Crippen LogP contribution in [0.2, 0.25) is 0 Å². The quantitative estimate of drug-likeness (QED) is 0.754. The molecule has 6 nitrogen and oxygen atoms in total. The molecule has 5 rings (SSSR count). The second-order valence-electron chi connectivity index (χ2n) is 8.19. The van der Waals surface area contributed by atoms with E-state index in [1.165, 1.54) is 5.56 Å². The van der Waals surface area contributed by atoms with Crippen LogP contribution in [-0.2, 0) is 0 Å². The Morgan fingerprint density at radius 3 is 2.75 bits per heavy atom. The van der Waals surface area contributed by atoms with Gasteiger partial charge in [0.1, 0.15) is 11.6 Å². The Hall–Kier alpha value is -2.76. The number of rotatable bonds is 3. The van der Waals surface area contributed by atoms with Gasteiger partial charge in [-0.2, -0.15) is 0 Å². The Kier molecular flexibility index (Phi) is 4.14. The summed E-state index contributed by atoms with van der Waals surface area (Å²) in [4.78, 5) is 32.4. The van der Waals surface area contributed by atoms with E-state index in [9.17, 15) is 4.79 Å². The summed E-state index contributed by atoms with van der Waals surface area (Å²) in [6.07, 6.45) is 6.08. The van der Waals surface area contributed by atoms with Crippen molar-refractivity contribution in [2.24, 2.45) is 0 Å². The van der Waals surface area contributed by atoms with Crippen LogP contribution < -0.4 is 0 Å². The number of hydrogen-bond acceptors (Lipinski definition) is 4. The third-order valence-electron chi connectivity index (χ3n) is 6.00. The van der Waals surface area contributed by atoms with Crippen LogP contribution in [0.1, 0.15) is 70.8 Å². The monoisotopic (exact) mass is 375 g/mol. The van der Waals surface area contributed by atoms with E-state index in [0.29, 0.717) is 18.0 Å². The van der Waals surface area contributed by atoms with Crippen LogP contribution in [-0.4, -0.2) is 43.8 Å². The third-order valence-corrected chi connectivity index (χ3v) is 6.00. The zero-order valence-corrected chi connectivity index (χ0v) is 16.4. The maximum atomic E-state index is 13.1. The second kappa shape index (κ2) is 6.69. The van der Waals surface area contributed by atoms with Crippen LogP contribution >= 0.6 is 0 Å². The molecule has 1 saturated heterocycles. The molecule has 1 aliphatic carbocycles. The number of amides is 1. The molecule has 6 heteroatoms. The molecule has 0 bridgehead atoms. The van der Waals surface area contributed by atoms with E-state index in [1.54, 1.807) is 6.20 Å². The molecule has 2 aromatic heterocycles. The maximum Gasteiger partial charge on any atom is 0.257 e. The van der Waals surface area contributed by atoms with Gasteiger partial charge in [-0.15, -0.1) is 0 Å². The fraction of sp³-hybridized carbons (Fsp3) is 0.455. The molecule has 1 amide bonds. The molecule has 28 heavy (non-hydrogen) atoms. The van der Waals surface area contributed by atoms with Gasteiger partial charge in [-0.05, 0) is 51.2 Å². The number of carbonyl (C=O) groups excluding carboxylic acids is 1. The van der Waals surface area contributed by atoms with E-state index in [0.717, 1.165) is 60.6 Å². The molecule has 1 N–H and O–H groups in total. The number of nitrogens with one attached hydrogen (secondary N) is 1. The number of para-hydroxylation sites is 1. The molecule has 1 aromatic carbocycles. The van der Waals surface area contributed by atoms with Crippen molar-refractivity contribution in [3.63, 3.8) is 0 Å². The normalized spacial score (nSPS) is 19.9. The summed E-state index contributed by atoms with van der Waals surface area (Å²) < 4.78 is 0. The van der Waals surface area contributed by atoms with Gasteiger partial charge in [0.2, 0.25) is 0 Å². The van der Waals surface area contributed by atoms with Crippen LogP contribution in [0.4, 0.5) is 0 Å². The summed E-state index contributed by atoms with van der Waals surface area (Å²) in [7, 11) is 0. The highest BCUT2D eigenvalue weighted by Crippen LogP contribution is 2.38. The van der Waals surface area contributed by atoms with Crippen molar-refractivity contribution in [2.75, 3.05) is 13.1 Å². The highest BCUT2D eigenvalue weighted by atomic mass is 16.2. The minimum Gasteiger partial charge on any atom is -0.342 e. The summed E-state index contributed by atoms with van der Waals surface area (Å²) in [5.41, 5.74) is 4.69. The Morgan fingerprint density at radius 1 is 1.14 bits per heavy atom. The van der Waals surface area contributed by atoms with Crippen LogP contribution in [0.15, 0.2) is 24.4 Å². The molecule has 2 fully saturated rings.